The van der Waals surface area contributed by atoms with Gasteiger partial charge < -0.3 is 25.8 Å². The van der Waals surface area contributed by atoms with E-state index in [1.54, 1.807) is 39.7 Å². The van der Waals surface area contributed by atoms with E-state index in [1.807, 2.05) is 0 Å². The third-order valence-corrected chi connectivity index (χ3v) is 7.99. The first-order valence-electron chi connectivity index (χ1n) is 11.4. The Morgan fingerprint density at radius 3 is 2.95 bits per heavy atom. The molecule has 0 unspecified atom stereocenters. The zero-order valence-corrected chi connectivity index (χ0v) is 21.6. The number of hydrogen-bond acceptors (Lipinski definition) is 11. The SMILES string of the molecule is N#Cc1ccc2n(CC3=C(C(=O)[O-])N4C(=O)[C@@H](NC(=O)/C(=N\OCCF)c5csc(N)n5)[C@H]4SC3)cc[n+]2c1. The van der Waals surface area contributed by atoms with Gasteiger partial charge in [0.05, 0.1) is 17.2 Å². The largest absolute Gasteiger partial charge is 0.543 e. The van der Waals surface area contributed by atoms with Crippen molar-refractivity contribution in [3.8, 4) is 6.07 Å². The highest BCUT2D eigenvalue weighted by molar-refractivity contribution is 8.00. The normalized spacial score (nSPS) is 18.9. The minimum atomic E-state index is -1.51. The molecular formula is C23H19FN8O5S2. The van der Waals surface area contributed by atoms with Gasteiger partial charge >= 0.3 is 0 Å². The van der Waals surface area contributed by atoms with E-state index in [-0.39, 0.29) is 41.1 Å². The number of carbonyl (C=O) groups excluding carboxylic acids is 3. The summed E-state index contributed by atoms with van der Waals surface area (Å²) in [6.07, 6.45) is 5.13. The third-order valence-electron chi connectivity index (χ3n) is 5.98. The fourth-order valence-electron chi connectivity index (χ4n) is 4.26. The number of thioether (sulfide) groups is 1. The van der Waals surface area contributed by atoms with Crippen LogP contribution >= 0.6 is 23.1 Å². The molecule has 2 aliphatic heterocycles. The molecule has 5 rings (SSSR count). The second-order valence-electron chi connectivity index (χ2n) is 8.35. The summed E-state index contributed by atoms with van der Waals surface area (Å²) in [6, 6.07) is 4.40. The highest BCUT2D eigenvalue weighted by atomic mass is 32.2. The van der Waals surface area contributed by atoms with E-state index in [0.29, 0.717) is 11.1 Å². The monoisotopic (exact) mass is 570 g/mol. The number of nitriles is 1. The molecule has 0 saturated carbocycles. The number of nitrogens with zero attached hydrogens (tertiary/aromatic N) is 6. The smallest absolute Gasteiger partial charge is 0.286 e. The summed E-state index contributed by atoms with van der Waals surface area (Å²) in [7, 11) is 0. The number of imidazole rings is 1. The van der Waals surface area contributed by atoms with E-state index < -0.39 is 35.9 Å². The van der Waals surface area contributed by atoms with Crippen molar-refractivity contribution in [1.29, 1.82) is 5.26 Å². The number of nitrogens with one attached hydrogen (secondary N) is 1. The summed E-state index contributed by atoms with van der Waals surface area (Å²) in [5.41, 5.74) is 6.83. The van der Waals surface area contributed by atoms with Crippen molar-refractivity contribution in [2.24, 2.45) is 5.16 Å². The number of hydrogen-bond donors (Lipinski definition) is 2. The molecule has 2 amide bonds. The van der Waals surface area contributed by atoms with Crippen LogP contribution in [0, 0.1) is 11.3 Å². The van der Waals surface area contributed by atoms with Gasteiger partial charge in [-0.1, -0.05) is 5.16 Å². The van der Waals surface area contributed by atoms with Gasteiger partial charge in [0.25, 0.3) is 17.5 Å². The van der Waals surface area contributed by atoms with Crippen LogP contribution in [-0.2, 0) is 25.8 Å². The first kappa shape index (κ1) is 26.1. The van der Waals surface area contributed by atoms with Gasteiger partial charge in [-0.05, 0) is 6.07 Å². The second kappa shape index (κ2) is 10.7. The molecule has 3 aromatic heterocycles. The van der Waals surface area contributed by atoms with Crippen molar-refractivity contribution in [2.45, 2.75) is 18.0 Å². The number of carboxylic acid groups (broad SMARTS) is 1. The van der Waals surface area contributed by atoms with Crippen LogP contribution in [0.5, 0.6) is 0 Å². The average Bonchev–Trinajstić information content (AvgIpc) is 3.54. The molecule has 5 heterocycles. The van der Waals surface area contributed by atoms with Crippen molar-refractivity contribution in [1.82, 2.24) is 19.8 Å². The van der Waals surface area contributed by atoms with E-state index in [2.05, 4.69) is 21.5 Å². The number of carbonyl (C=O) groups is 3. The molecule has 0 spiro atoms. The first-order chi connectivity index (χ1) is 18.8. The lowest BCUT2D eigenvalue weighted by molar-refractivity contribution is -0.510. The molecule has 0 bridgehead atoms. The van der Waals surface area contributed by atoms with Crippen LogP contribution in [0.25, 0.3) is 5.65 Å². The van der Waals surface area contributed by atoms with Gasteiger partial charge in [0.2, 0.25) is 0 Å². The summed E-state index contributed by atoms with van der Waals surface area (Å²) in [5.74, 6) is -2.70. The number of anilines is 1. The summed E-state index contributed by atoms with van der Waals surface area (Å²) in [6.45, 7) is -1.05. The Morgan fingerprint density at radius 1 is 1.44 bits per heavy atom. The molecule has 1 fully saturated rings. The molecule has 2 aliphatic rings. The van der Waals surface area contributed by atoms with E-state index in [1.165, 1.54) is 17.1 Å². The Hall–Kier alpha value is -4.49. The van der Waals surface area contributed by atoms with Crippen molar-refractivity contribution in [3.63, 3.8) is 0 Å². The molecular weight excluding hydrogens is 551 g/mol. The van der Waals surface area contributed by atoms with Gasteiger partial charge in [0, 0.05) is 22.8 Å². The minimum absolute atomic E-state index is 0.0881. The molecule has 3 N–H and O–H groups in total. The number of alkyl halides is 1. The molecule has 0 radical (unpaired) electrons. The summed E-state index contributed by atoms with van der Waals surface area (Å²) >= 11 is 2.34. The number of nitrogen functional groups attached to an aromatic ring is 1. The average molecular weight is 571 g/mol. The Morgan fingerprint density at radius 2 is 2.26 bits per heavy atom. The Balaban J connectivity index is 1.36. The van der Waals surface area contributed by atoms with E-state index >= 15 is 0 Å². The lowest BCUT2D eigenvalue weighted by Crippen LogP contribution is -2.71. The number of aromatic nitrogens is 3. The molecule has 3 aromatic rings. The molecule has 0 aromatic carbocycles. The first-order valence-corrected chi connectivity index (χ1v) is 13.3. The fourth-order valence-corrected chi connectivity index (χ4v) is 6.14. The maximum atomic E-state index is 13.1. The molecule has 16 heteroatoms. The van der Waals surface area contributed by atoms with Gasteiger partial charge in [-0.25, -0.2) is 18.3 Å². The minimum Gasteiger partial charge on any atom is -0.543 e. The van der Waals surface area contributed by atoms with Crippen LogP contribution in [0.1, 0.15) is 11.3 Å². The van der Waals surface area contributed by atoms with Gasteiger partial charge in [-0.3, -0.25) is 14.5 Å². The number of fused-ring (bicyclic) bond motifs is 2. The molecule has 39 heavy (non-hydrogen) atoms. The number of amides is 2. The molecule has 0 aliphatic carbocycles. The molecule has 13 nitrogen and oxygen atoms in total. The van der Waals surface area contributed by atoms with Crippen molar-refractivity contribution >= 4 is 57.4 Å². The lowest BCUT2D eigenvalue weighted by Gasteiger charge is -2.50. The number of halogens is 1. The molecule has 200 valence electrons. The number of aliphatic carboxylic acids is 1. The number of thiazole rings is 1. The van der Waals surface area contributed by atoms with Crippen molar-refractivity contribution in [2.75, 3.05) is 24.8 Å². The zero-order chi connectivity index (χ0) is 27.7. The summed E-state index contributed by atoms with van der Waals surface area (Å²) in [4.78, 5) is 48.1. The maximum Gasteiger partial charge on any atom is 0.286 e. The van der Waals surface area contributed by atoms with E-state index in [4.69, 9.17) is 15.8 Å². The van der Waals surface area contributed by atoms with Crippen LogP contribution in [0.15, 0.2) is 52.5 Å². The highest BCUT2D eigenvalue weighted by Gasteiger charge is 2.53. The number of nitrogens with two attached hydrogens (primary N) is 1. The number of β-lactam (4-membered cyclic amide) rings is 1. The fraction of sp³-hybridized carbons (Fsp3) is 0.261. The van der Waals surface area contributed by atoms with Gasteiger partial charge in [0.1, 0.15) is 61.6 Å². The summed E-state index contributed by atoms with van der Waals surface area (Å²) in [5, 5.41) is 28.4. The van der Waals surface area contributed by atoms with Crippen LogP contribution in [0.3, 0.4) is 0 Å². The molecule has 1 saturated heterocycles. The molecule has 2 atom stereocenters. The highest BCUT2D eigenvalue weighted by Crippen LogP contribution is 2.40. The van der Waals surface area contributed by atoms with Crippen molar-refractivity contribution < 1.29 is 33.1 Å². The van der Waals surface area contributed by atoms with Crippen molar-refractivity contribution in [3.05, 3.63) is 58.6 Å². The Kier molecular flexibility index (Phi) is 7.17. The van der Waals surface area contributed by atoms with Crippen LogP contribution < -0.4 is 20.6 Å². The standard InChI is InChI=1S/C23H19FN8O5S2/c24-3-6-37-29-16(14-11-39-23(26)27-14)19(33)28-17-20(34)32-18(22(35)36)13(10-38-21(17)32)9-31-5-4-30-8-12(7-25)1-2-15(30)31/h1-2,4-5,8,11,17,21H,3,6,9-10H2,(H3-,26,27,28,33,35,36)/b29-16-/t17-,21-/m1/s1. The Bertz CT molecular complexity index is 1590. The third kappa shape index (κ3) is 4.89. The predicted octanol–water partition coefficient (Wildman–Crippen LogP) is -1.07. The van der Waals surface area contributed by atoms with Gasteiger partial charge in [-0.15, -0.1) is 23.1 Å². The van der Waals surface area contributed by atoms with Crippen LogP contribution in [-0.4, -0.2) is 68.4 Å². The topological polar surface area (TPSA) is 183 Å². The quantitative estimate of drug-likeness (QED) is 0.106. The van der Waals surface area contributed by atoms with E-state index in [0.717, 1.165) is 21.9 Å². The zero-order valence-electron chi connectivity index (χ0n) is 19.9. The number of pyridine rings is 1. The second-order valence-corrected chi connectivity index (χ2v) is 10.3. The number of rotatable bonds is 9. The van der Waals surface area contributed by atoms with Crippen LogP contribution in [0.2, 0.25) is 0 Å². The van der Waals surface area contributed by atoms with Gasteiger partial charge in [-0.2, -0.15) is 5.26 Å². The Labute approximate surface area is 228 Å². The number of oxime groups is 1. The van der Waals surface area contributed by atoms with Crippen LogP contribution in [0.4, 0.5) is 9.52 Å². The summed E-state index contributed by atoms with van der Waals surface area (Å²) < 4.78 is 16.0. The predicted molar refractivity (Wildman–Crippen MR) is 134 cm³/mol. The maximum absolute atomic E-state index is 13.1. The lowest BCUT2D eigenvalue weighted by atomic mass is 10.0. The number of carboxylic acids is 1. The van der Waals surface area contributed by atoms with Gasteiger partial charge in [0.15, 0.2) is 10.8 Å². The van der Waals surface area contributed by atoms with E-state index in [9.17, 15) is 23.9 Å².